The van der Waals surface area contributed by atoms with E-state index in [2.05, 4.69) is 42.7 Å². The molecule has 7 nitrogen and oxygen atoms in total. The number of anilines is 1. The van der Waals surface area contributed by atoms with E-state index >= 15 is 0 Å². The van der Waals surface area contributed by atoms with Crippen molar-refractivity contribution in [1.29, 1.82) is 0 Å². The summed E-state index contributed by atoms with van der Waals surface area (Å²) in [7, 11) is 0. The summed E-state index contributed by atoms with van der Waals surface area (Å²) in [6, 6.07) is 14.0. The van der Waals surface area contributed by atoms with Crippen molar-refractivity contribution in [1.82, 2.24) is 25.0 Å². The van der Waals surface area contributed by atoms with Crippen LogP contribution < -0.4 is 10.6 Å². The Morgan fingerprint density at radius 3 is 2.91 bits per heavy atom. The standard InChI is InChI=1S/C26H27BrN6O/c27-22-17-30-33-24(29-16-20-8-4-12-28-15-20)14-23(31-26(22)33)21-9-5-13-32(18-21)25(34)11-10-19-6-2-1-3-7-19/h1-4,6-8,10-12,14-15,17,21,23,29,31H,5,9,13,16,18H2/b11-10+. The first-order valence-corrected chi connectivity index (χ1v) is 12.3. The molecule has 2 aliphatic heterocycles. The van der Waals surface area contributed by atoms with E-state index in [9.17, 15) is 4.79 Å². The van der Waals surface area contributed by atoms with Gasteiger partial charge in [0.05, 0.1) is 16.7 Å². The van der Waals surface area contributed by atoms with Crippen LogP contribution in [0.3, 0.4) is 0 Å². The molecule has 5 rings (SSSR count). The predicted molar refractivity (Wildman–Crippen MR) is 137 cm³/mol. The lowest BCUT2D eigenvalue weighted by molar-refractivity contribution is -0.127. The molecular formula is C26H27BrN6O. The van der Waals surface area contributed by atoms with Gasteiger partial charge >= 0.3 is 0 Å². The van der Waals surface area contributed by atoms with Crippen molar-refractivity contribution < 1.29 is 4.79 Å². The van der Waals surface area contributed by atoms with Crippen molar-refractivity contribution in [2.45, 2.75) is 25.4 Å². The second-order valence-electron chi connectivity index (χ2n) is 8.62. The molecular weight excluding hydrogens is 492 g/mol. The molecule has 0 spiro atoms. The lowest BCUT2D eigenvalue weighted by Crippen LogP contribution is -2.46. The van der Waals surface area contributed by atoms with Crippen molar-refractivity contribution in [3.63, 3.8) is 0 Å². The lowest BCUT2D eigenvalue weighted by atomic mass is 9.89. The van der Waals surface area contributed by atoms with Crippen molar-refractivity contribution in [2.24, 2.45) is 5.92 Å². The first-order valence-electron chi connectivity index (χ1n) is 11.5. The first-order chi connectivity index (χ1) is 16.7. The van der Waals surface area contributed by atoms with Gasteiger partial charge in [-0.25, -0.2) is 4.68 Å². The van der Waals surface area contributed by atoms with Crippen molar-refractivity contribution >= 4 is 39.6 Å². The highest BCUT2D eigenvalue weighted by atomic mass is 79.9. The number of benzene rings is 1. The van der Waals surface area contributed by atoms with Crippen LogP contribution in [0.25, 0.3) is 11.9 Å². The molecule has 34 heavy (non-hydrogen) atoms. The molecule has 2 atom stereocenters. The Morgan fingerprint density at radius 1 is 1.21 bits per heavy atom. The van der Waals surface area contributed by atoms with Gasteiger partial charge in [-0.3, -0.25) is 9.78 Å². The van der Waals surface area contributed by atoms with Gasteiger partial charge in [0, 0.05) is 44.0 Å². The molecule has 1 fully saturated rings. The van der Waals surface area contributed by atoms with Gasteiger partial charge in [-0.05, 0) is 58.1 Å². The number of amides is 1. The van der Waals surface area contributed by atoms with Gasteiger partial charge in [-0.1, -0.05) is 36.4 Å². The van der Waals surface area contributed by atoms with E-state index < -0.39 is 0 Å². The summed E-state index contributed by atoms with van der Waals surface area (Å²) < 4.78 is 2.80. The fraction of sp³-hybridized carbons (Fsp3) is 0.269. The minimum atomic E-state index is 0.0643. The van der Waals surface area contributed by atoms with Crippen LogP contribution in [-0.4, -0.2) is 44.7 Å². The van der Waals surface area contributed by atoms with Crippen LogP contribution in [0.4, 0.5) is 5.82 Å². The maximum absolute atomic E-state index is 12.9. The van der Waals surface area contributed by atoms with Gasteiger partial charge in [-0.2, -0.15) is 5.10 Å². The Balaban J connectivity index is 1.30. The number of nitrogens with zero attached hydrogens (tertiary/aromatic N) is 4. The minimum Gasteiger partial charge on any atom is -0.366 e. The quantitative estimate of drug-likeness (QED) is 0.473. The van der Waals surface area contributed by atoms with Crippen LogP contribution >= 0.6 is 15.9 Å². The average molecular weight is 519 g/mol. The number of hydrogen-bond donors (Lipinski definition) is 2. The fourth-order valence-electron chi connectivity index (χ4n) is 4.50. The molecule has 2 aromatic heterocycles. The molecule has 2 unspecified atom stereocenters. The van der Waals surface area contributed by atoms with E-state index in [0.29, 0.717) is 19.0 Å². The highest BCUT2D eigenvalue weighted by Gasteiger charge is 2.32. The zero-order valence-corrected chi connectivity index (χ0v) is 20.4. The van der Waals surface area contributed by atoms with Crippen molar-refractivity contribution in [3.05, 3.63) is 88.8 Å². The predicted octanol–water partition coefficient (Wildman–Crippen LogP) is 4.37. The van der Waals surface area contributed by atoms with Crippen LogP contribution in [0, 0.1) is 5.92 Å². The molecule has 1 saturated heterocycles. The van der Waals surface area contributed by atoms with Gasteiger partial charge in [0.2, 0.25) is 5.91 Å². The normalized spacial score (nSPS) is 19.9. The molecule has 4 heterocycles. The van der Waals surface area contributed by atoms with E-state index in [1.54, 1.807) is 18.5 Å². The monoisotopic (exact) mass is 518 g/mol. The Labute approximate surface area is 207 Å². The highest BCUT2D eigenvalue weighted by Crippen LogP contribution is 2.32. The van der Waals surface area contributed by atoms with E-state index in [1.807, 2.05) is 64.3 Å². The number of carbonyl (C=O) groups is 1. The number of carbonyl (C=O) groups excluding carboxylic acids is 1. The molecule has 0 saturated carbocycles. The van der Waals surface area contributed by atoms with Gasteiger partial charge in [-0.15, -0.1) is 0 Å². The fourth-order valence-corrected chi connectivity index (χ4v) is 4.88. The zero-order chi connectivity index (χ0) is 23.3. The summed E-state index contributed by atoms with van der Waals surface area (Å²) in [5, 5.41) is 11.7. The molecule has 3 aromatic rings. The summed E-state index contributed by atoms with van der Waals surface area (Å²) in [4.78, 5) is 19.1. The van der Waals surface area contributed by atoms with E-state index in [0.717, 1.165) is 46.6 Å². The number of aromatic nitrogens is 3. The smallest absolute Gasteiger partial charge is 0.246 e. The van der Waals surface area contributed by atoms with Crippen LogP contribution in [-0.2, 0) is 11.3 Å². The summed E-state index contributed by atoms with van der Waals surface area (Å²) in [6.45, 7) is 2.16. The van der Waals surface area contributed by atoms with E-state index in [-0.39, 0.29) is 11.9 Å². The average Bonchev–Trinajstić information content (AvgIpc) is 3.28. The Morgan fingerprint density at radius 2 is 2.09 bits per heavy atom. The summed E-state index contributed by atoms with van der Waals surface area (Å²) in [5.41, 5.74) is 2.13. The van der Waals surface area contributed by atoms with Gasteiger partial charge in [0.25, 0.3) is 0 Å². The number of hydrogen-bond acceptors (Lipinski definition) is 5. The number of piperidine rings is 1. The Bertz CT molecular complexity index is 1190. The summed E-state index contributed by atoms with van der Waals surface area (Å²) >= 11 is 3.62. The molecule has 0 aliphatic carbocycles. The third-order valence-corrected chi connectivity index (χ3v) is 6.87. The van der Waals surface area contributed by atoms with Crippen LogP contribution in [0.1, 0.15) is 24.0 Å². The third-order valence-electron chi connectivity index (χ3n) is 6.29. The Kier molecular flexibility index (Phi) is 6.76. The minimum absolute atomic E-state index is 0.0643. The molecule has 1 amide bonds. The molecule has 0 radical (unpaired) electrons. The number of likely N-dealkylation sites (tertiary alicyclic amines) is 1. The molecule has 2 N–H and O–H groups in total. The van der Waals surface area contributed by atoms with Gasteiger partial charge in [0.15, 0.2) is 0 Å². The second-order valence-corrected chi connectivity index (χ2v) is 9.47. The topological polar surface area (TPSA) is 75.1 Å². The lowest BCUT2D eigenvalue weighted by Gasteiger charge is -2.38. The molecule has 0 bridgehead atoms. The largest absolute Gasteiger partial charge is 0.366 e. The number of rotatable bonds is 6. The van der Waals surface area contributed by atoms with Crippen LogP contribution in [0.15, 0.2) is 77.7 Å². The molecule has 174 valence electrons. The Hall–Kier alpha value is -3.39. The third kappa shape index (κ3) is 5.07. The number of fused-ring (bicyclic) bond motifs is 1. The first kappa shape index (κ1) is 22.4. The molecule has 8 heteroatoms. The van der Waals surface area contributed by atoms with E-state index in [1.165, 1.54) is 0 Å². The maximum atomic E-state index is 12.9. The van der Waals surface area contributed by atoms with Gasteiger partial charge < -0.3 is 15.5 Å². The van der Waals surface area contributed by atoms with Gasteiger partial charge in [0.1, 0.15) is 11.6 Å². The molecule has 1 aromatic carbocycles. The number of halogens is 1. The number of pyridine rings is 1. The molecule has 2 aliphatic rings. The summed E-state index contributed by atoms with van der Waals surface area (Å²) in [5.74, 6) is 2.22. The summed E-state index contributed by atoms with van der Waals surface area (Å²) in [6.07, 6.45) is 13.3. The van der Waals surface area contributed by atoms with Crippen LogP contribution in [0.2, 0.25) is 0 Å². The van der Waals surface area contributed by atoms with Crippen molar-refractivity contribution in [2.75, 3.05) is 18.4 Å². The second kappa shape index (κ2) is 10.3. The number of nitrogens with one attached hydrogen (secondary N) is 2. The highest BCUT2D eigenvalue weighted by molar-refractivity contribution is 9.10. The zero-order valence-electron chi connectivity index (χ0n) is 18.8. The maximum Gasteiger partial charge on any atom is 0.246 e. The van der Waals surface area contributed by atoms with Crippen LogP contribution in [0.5, 0.6) is 0 Å². The van der Waals surface area contributed by atoms with E-state index in [4.69, 9.17) is 0 Å². The van der Waals surface area contributed by atoms with Crippen molar-refractivity contribution in [3.8, 4) is 0 Å². The SMILES string of the molecule is O=C(/C=C/c1ccccc1)N1CCCC(C2C=C(NCc3cccnc3)n3ncc(Br)c3N2)C1.